The summed E-state index contributed by atoms with van der Waals surface area (Å²) in [7, 11) is 0. The fourth-order valence-electron chi connectivity index (χ4n) is 2.08. The molecule has 3 nitrogen and oxygen atoms in total. The first-order valence-corrected chi connectivity index (χ1v) is 6.96. The van der Waals surface area contributed by atoms with E-state index in [4.69, 9.17) is 0 Å². The van der Waals surface area contributed by atoms with Gasteiger partial charge < -0.3 is 15.3 Å². The maximum atomic E-state index is 13.1. The maximum absolute atomic E-state index is 13.1. The maximum Gasteiger partial charge on any atom is 0.123 e. The Bertz CT molecular complexity index is 369. The summed E-state index contributed by atoms with van der Waals surface area (Å²) in [5, 5.41) is 13.3. The molecule has 0 radical (unpaired) electrons. The number of aliphatic hydroxyl groups is 1. The van der Waals surface area contributed by atoms with Crippen LogP contribution in [0.5, 0.6) is 0 Å². The number of benzene rings is 1. The molecule has 0 bridgehead atoms. The van der Waals surface area contributed by atoms with Crippen molar-refractivity contribution in [3.8, 4) is 0 Å². The van der Waals surface area contributed by atoms with Crippen molar-refractivity contribution < 1.29 is 9.50 Å². The summed E-state index contributed by atoms with van der Waals surface area (Å²) in [6.45, 7) is 9.80. The van der Waals surface area contributed by atoms with Crippen LogP contribution in [0.2, 0.25) is 0 Å². The van der Waals surface area contributed by atoms with Crippen LogP contribution in [-0.2, 0) is 0 Å². The van der Waals surface area contributed by atoms with Crippen molar-refractivity contribution in [1.29, 1.82) is 0 Å². The fraction of sp³-hybridized carbons (Fsp3) is 0.600. The molecular weight excluding hydrogens is 243 g/mol. The van der Waals surface area contributed by atoms with E-state index in [0.717, 1.165) is 19.6 Å². The second-order valence-electron chi connectivity index (χ2n) is 4.87. The standard InChI is InChI=1S/C15H25FN2O/c1-4-18(5-2)11-12(3)17-10-15(19)13-7-6-8-14(16)9-13/h6-9,12,15,17,19H,4-5,10-11H2,1-3H3. The first-order chi connectivity index (χ1) is 9.06. The molecule has 0 heterocycles. The summed E-state index contributed by atoms with van der Waals surface area (Å²) in [6.07, 6.45) is -0.671. The summed E-state index contributed by atoms with van der Waals surface area (Å²) in [4.78, 5) is 2.33. The molecule has 0 aromatic heterocycles. The minimum Gasteiger partial charge on any atom is -0.387 e. The highest BCUT2D eigenvalue weighted by atomic mass is 19.1. The number of nitrogens with one attached hydrogen (secondary N) is 1. The zero-order chi connectivity index (χ0) is 14.3. The zero-order valence-electron chi connectivity index (χ0n) is 12.1. The SMILES string of the molecule is CCN(CC)CC(C)NCC(O)c1cccc(F)c1. The Hall–Kier alpha value is -0.970. The molecule has 1 aromatic rings. The van der Waals surface area contributed by atoms with Gasteiger partial charge in [0.05, 0.1) is 6.10 Å². The molecule has 19 heavy (non-hydrogen) atoms. The summed E-state index contributed by atoms with van der Waals surface area (Å²) in [5.74, 6) is -0.312. The van der Waals surface area contributed by atoms with Gasteiger partial charge in [-0.2, -0.15) is 0 Å². The number of hydrogen-bond donors (Lipinski definition) is 2. The number of likely N-dealkylation sites (N-methyl/N-ethyl adjacent to an activating group) is 1. The van der Waals surface area contributed by atoms with E-state index in [1.807, 2.05) is 0 Å². The second kappa shape index (κ2) is 8.25. The van der Waals surface area contributed by atoms with E-state index >= 15 is 0 Å². The first-order valence-electron chi connectivity index (χ1n) is 6.96. The van der Waals surface area contributed by atoms with E-state index in [-0.39, 0.29) is 5.82 Å². The van der Waals surface area contributed by atoms with Gasteiger partial charge in [-0.15, -0.1) is 0 Å². The number of aliphatic hydroxyl groups excluding tert-OH is 1. The van der Waals surface area contributed by atoms with Crippen molar-refractivity contribution in [2.45, 2.75) is 32.9 Å². The Labute approximate surface area is 115 Å². The Kier molecular flexibility index (Phi) is 6.99. The van der Waals surface area contributed by atoms with Crippen molar-refractivity contribution in [3.63, 3.8) is 0 Å². The highest BCUT2D eigenvalue weighted by molar-refractivity contribution is 5.18. The van der Waals surface area contributed by atoms with Crippen molar-refractivity contribution in [3.05, 3.63) is 35.6 Å². The molecule has 1 aromatic carbocycles. The van der Waals surface area contributed by atoms with Crippen LogP contribution in [0.25, 0.3) is 0 Å². The lowest BCUT2D eigenvalue weighted by Gasteiger charge is -2.24. The van der Waals surface area contributed by atoms with E-state index in [9.17, 15) is 9.50 Å². The number of hydrogen-bond acceptors (Lipinski definition) is 3. The quantitative estimate of drug-likeness (QED) is 0.758. The minimum atomic E-state index is -0.671. The fourth-order valence-corrected chi connectivity index (χ4v) is 2.08. The van der Waals surface area contributed by atoms with Crippen molar-refractivity contribution >= 4 is 0 Å². The van der Waals surface area contributed by atoms with Gasteiger partial charge >= 0.3 is 0 Å². The van der Waals surface area contributed by atoms with E-state index in [2.05, 4.69) is 31.0 Å². The monoisotopic (exact) mass is 268 g/mol. The summed E-state index contributed by atoms with van der Waals surface area (Å²) >= 11 is 0. The van der Waals surface area contributed by atoms with Gasteiger partial charge in [-0.1, -0.05) is 26.0 Å². The molecule has 0 spiro atoms. The van der Waals surface area contributed by atoms with Gasteiger partial charge in [0.15, 0.2) is 0 Å². The van der Waals surface area contributed by atoms with Crippen LogP contribution in [-0.4, -0.2) is 42.2 Å². The van der Waals surface area contributed by atoms with Crippen molar-refractivity contribution in [1.82, 2.24) is 10.2 Å². The molecular formula is C15H25FN2O. The van der Waals surface area contributed by atoms with Gasteiger partial charge in [-0.05, 0) is 37.7 Å². The van der Waals surface area contributed by atoms with E-state index < -0.39 is 6.10 Å². The van der Waals surface area contributed by atoms with Crippen LogP contribution < -0.4 is 5.32 Å². The van der Waals surface area contributed by atoms with E-state index in [0.29, 0.717) is 18.2 Å². The third-order valence-corrected chi connectivity index (χ3v) is 3.32. The molecule has 0 saturated carbocycles. The van der Waals surface area contributed by atoms with Gasteiger partial charge in [0, 0.05) is 19.1 Å². The first kappa shape index (κ1) is 16.1. The summed E-state index contributed by atoms with van der Waals surface area (Å²) in [6, 6.07) is 6.41. The van der Waals surface area contributed by atoms with Crippen LogP contribution in [0.3, 0.4) is 0 Å². The molecule has 0 aliphatic rings. The Morgan fingerprint density at radius 2 is 2.00 bits per heavy atom. The van der Waals surface area contributed by atoms with Gasteiger partial charge in [0.2, 0.25) is 0 Å². The highest BCUT2D eigenvalue weighted by Crippen LogP contribution is 2.13. The number of halogens is 1. The number of nitrogens with zero attached hydrogens (tertiary/aromatic N) is 1. The van der Waals surface area contributed by atoms with Gasteiger partial charge in [0.1, 0.15) is 5.82 Å². The molecule has 108 valence electrons. The van der Waals surface area contributed by atoms with E-state index in [1.54, 1.807) is 12.1 Å². The Morgan fingerprint density at radius 1 is 1.32 bits per heavy atom. The lowest BCUT2D eigenvalue weighted by atomic mass is 10.1. The molecule has 0 amide bonds. The molecule has 2 unspecified atom stereocenters. The lowest BCUT2D eigenvalue weighted by molar-refractivity contribution is 0.164. The predicted octanol–water partition coefficient (Wildman–Crippen LogP) is 2.18. The van der Waals surface area contributed by atoms with Crippen molar-refractivity contribution in [2.24, 2.45) is 0 Å². The normalized spacial score (nSPS) is 14.6. The van der Waals surface area contributed by atoms with Crippen LogP contribution in [0, 0.1) is 5.82 Å². The largest absolute Gasteiger partial charge is 0.387 e. The smallest absolute Gasteiger partial charge is 0.123 e. The highest BCUT2D eigenvalue weighted by Gasteiger charge is 2.11. The average Bonchev–Trinajstić information content (AvgIpc) is 2.42. The van der Waals surface area contributed by atoms with Crippen LogP contribution in [0.4, 0.5) is 4.39 Å². The van der Waals surface area contributed by atoms with E-state index in [1.165, 1.54) is 12.1 Å². The van der Waals surface area contributed by atoms with Crippen LogP contribution in [0.15, 0.2) is 24.3 Å². The molecule has 2 atom stereocenters. The third-order valence-electron chi connectivity index (χ3n) is 3.32. The molecule has 4 heteroatoms. The number of rotatable bonds is 8. The zero-order valence-corrected chi connectivity index (χ0v) is 12.1. The summed E-state index contributed by atoms with van der Waals surface area (Å²) < 4.78 is 13.1. The molecule has 0 aliphatic heterocycles. The van der Waals surface area contributed by atoms with Crippen LogP contribution in [0.1, 0.15) is 32.4 Å². The van der Waals surface area contributed by atoms with Gasteiger partial charge in [0.25, 0.3) is 0 Å². The molecule has 2 N–H and O–H groups in total. The Balaban J connectivity index is 2.39. The molecule has 1 rings (SSSR count). The topological polar surface area (TPSA) is 35.5 Å². The Morgan fingerprint density at radius 3 is 2.58 bits per heavy atom. The van der Waals surface area contributed by atoms with Gasteiger partial charge in [-0.3, -0.25) is 0 Å². The summed E-state index contributed by atoms with van der Waals surface area (Å²) in [5.41, 5.74) is 0.613. The predicted molar refractivity (Wildman–Crippen MR) is 76.6 cm³/mol. The van der Waals surface area contributed by atoms with Crippen LogP contribution >= 0.6 is 0 Å². The molecule has 0 aliphatic carbocycles. The van der Waals surface area contributed by atoms with Crippen molar-refractivity contribution in [2.75, 3.05) is 26.2 Å². The second-order valence-corrected chi connectivity index (χ2v) is 4.87. The molecule has 0 saturated heterocycles. The molecule has 0 fully saturated rings. The lowest BCUT2D eigenvalue weighted by Crippen LogP contribution is -2.40. The average molecular weight is 268 g/mol. The third kappa shape index (κ3) is 5.68. The van der Waals surface area contributed by atoms with Gasteiger partial charge in [-0.25, -0.2) is 4.39 Å². The minimum absolute atomic E-state index is 0.295.